The number of thioether (sulfide) groups is 1. The number of aliphatic carboxylic acids is 1. The fourth-order valence-corrected chi connectivity index (χ4v) is 3.22. The molecule has 0 rings (SSSR count). The molecule has 5 atom stereocenters. The van der Waals surface area contributed by atoms with E-state index in [1.165, 1.54) is 11.8 Å². The Bertz CT molecular complexity index is 651. The van der Waals surface area contributed by atoms with Crippen LogP contribution in [0.4, 0.5) is 0 Å². The average molecular weight is 480 g/mol. The summed E-state index contributed by atoms with van der Waals surface area (Å²) in [6, 6.07) is -4.57. The number of carbonyl (C=O) groups excluding carboxylic acids is 4. The normalized spacial score (nSPS) is 15.6. The van der Waals surface area contributed by atoms with Gasteiger partial charge in [0.15, 0.2) is 0 Å². The highest BCUT2D eigenvalue weighted by Gasteiger charge is 2.31. The molecule has 0 fully saturated rings. The SMILES string of the molecule is CCC(C)C(NC(=O)C(CS)NC(=O)C(CC(N)=O)NC(=O)C(N)CCSC)C(=O)O. The van der Waals surface area contributed by atoms with Crippen LogP contribution in [0, 0.1) is 5.92 Å². The lowest BCUT2D eigenvalue weighted by molar-refractivity contribution is -0.143. The molecular weight excluding hydrogens is 446 g/mol. The van der Waals surface area contributed by atoms with Crippen LogP contribution < -0.4 is 27.4 Å². The number of carboxylic acids is 1. The zero-order chi connectivity index (χ0) is 24.1. The van der Waals surface area contributed by atoms with Gasteiger partial charge in [0.2, 0.25) is 23.6 Å². The first-order valence-corrected chi connectivity index (χ1v) is 11.8. The molecule has 11 nitrogen and oxygen atoms in total. The predicted octanol–water partition coefficient (Wildman–Crippen LogP) is -1.54. The summed E-state index contributed by atoms with van der Waals surface area (Å²) in [6.45, 7) is 3.46. The maximum Gasteiger partial charge on any atom is 0.326 e. The highest BCUT2D eigenvalue weighted by molar-refractivity contribution is 7.98. The Morgan fingerprint density at radius 2 is 1.58 bits per heavy atom. The van der Waals surface area contributed by atoms with Crippen LogP contribution >= 0.6 is 24.4 Å². The third-order valence-corrected chi connectivity index (χ3v) is 5.61. The standard InChI is InChI=1S/C18H33N5O6S2/c1-4-9(2)14(18(28)29)23-17(27)12(8-30)22-16(26)11(7-13(20)24)21-15(25)10(19)5-6-31-3/h9-12,14,30H,4-8,19H2,1-3H3,(H2,20,24)(H,21,25)(H,22,26)(H,23,27)(H,28,29). The molecule has 0 aromatic heterocycles. The molecule has 0 bridgehead atoms. The van der Waals surface area contributed by atoms with E-state index in [2.05, 4.69) is 28.6 Å². The van der Waals surface area contributed by atoms with Crippen molar-refractivity contribution < 1.29 is 29.1 Å². The van der Waals surface area contributed by atoms with Crippen molar-refractivity contribution >= 4 is 54.0 Å². The van der Waals surface area contributed by atoms with Crippen LogP contribution in [-0.2, 0) is 24.0 Å². The molecule has 0 aromatic carbocycles. The minimum absolute atomic E-state index is 0.144. The Morgan fingerprint density at radius 3 is 2.03 bits per heavy atom. The van der Waals surface area contributed by atoms with Crippen LogP contribution in [-0.4, -0.2) is 76.6 Å². The molecule has 0 saturated heterocycles. The summed E-state index contributed by atoms with van der Waals surface area (Å²) in [5, 5.41) is 16.5. The maximum atomic E-state index is 12.6. The van der Waals surface area contributed by atoms with E-state index in [9.17, 15) is 29.1 Å². The third kappa shape index (κ3) is 10.7. The molecule has 13 heteroatoms. The fraction of sp³-hybridized carbons (Fsp3) is 0.722. The molecule has 0 aliphatic carbocycles. The van der Waals surface area contributed by atoms with Gasteiger partial charge < -0.3 is 32.5 Å². The van der Waals surface area contributed by atoms with Gasteiger partial charge in [0, 0.05) is 5.75 Å². The van der Waals surface area contributed by atoms with E-state index < -0.39 is 60.2 Å². The summed E-state index contributed by atoms with van der Waals surface area (Å²) < 4.78 is 0. The van der Waals surface area contributed by atoms with Crippen LogP contribution in [0.5, 0.6) is 0 Å². The quantitative estimate of drug-likeness (QED) is 0.137. The van der Waals surface area contributed by atoms with Gasteiger partial charge >= 0.3 is 5.97 Å². The van der Waals surface area contributed by atoms with Gasteiger partial charge in [-0.05, 0) is 24.3 Å². The van der Waals surface area contributed by atoms with E-state index in [4.69, 9.17) is 11.5 Å². The highest BCUT2D eigenvalue weighted by Crippen LogP contribution is 2.08. The topological polar surface area (TPSA) is 194 Å². The Balaban J connectivity index is 5.25. The lowest BCUT2D eigenvalue weighted by atomic mass is 9.99. The summed E-state index contributed by atoms with van der Waals surface area (Å²) in [4.78, 5) is 60.1. The van der Waals surface area contributed by atoms with Gasteiger partial charge in [0.1, 0.15) is 18.1 Å². The second-order valence-electron chi connectivity index (χ2n) is 7.07. The smallest absolute Gasteiger partial charge is 0.326 e. The van der Waals surface area contributed by atoms with Gasteiger partial charge in [-0.25, -0.2) is 4.79 Å². The van der Waals surface area contributed by atoms with Crippen molar-refractivity contribution in [2.24, 2.45) is 17.4 Å². The Labute approximate surface area is 191 Å². The monoisotopic (exact) mass is 479 g/mol. The van der Waals surface area contributed by atoms with Gasteiger partial charge in [0.25, 0.3) is 0 Å². The van der Waals surface area contributed by atoms with Crippen molar-refractivity contribution in [3.05, 3.63) is 0 Å². The van der Waals surface area contributed by atoms with Crippen molar-refractivity contribution in [1.82, 2.24) is 16.0 Å². The zero-order valence-corrected chi connectivity index (χ0v) is 19.6. The van der Waals surface area contributed by atoms with Gasteiger partial charge in [-0.1, -0.05) is 20.3 Å². The van der Waals surface area contributed by atoms with E-state index in [0.717, 1.165) is 0 Å². The van der Waals surface area contributed by atoms with Crippen LogP contribution in [0.2, 0.25) is 0 Å². The molecule has 0 saturated carbocycles. The molecule has 8 N–H and O–H groups in total. The molecule has 0 spiro atoms. The zero-order valence-electron chi connectivity index (χ0n) is 17.9. The molecule has 0 radical (unpaired) electrons. The van der Waals surface area contributed by atoms with Gasteiger partial charge in [0.05, 0.1) is 12.5 Å². The minimum Gasteiger partial charge on any atom is -0.480 e. The molecule has 0 aromatic rings. The van der Waals surface area contributed by atoms with Crippen LogP contribution in [0.3, 0.4) is 0 Å². The summed E-state index contributed by atoms with van der Waals surface area (Å²) in [5.74, 6) is -4.13. The van der Waals surface area contributed by atoms with Gasteiger partial charge in [-0.3, -0.25) is 19.2 Å². The van der Waals surface area contributed by atoms with Crippen molar-refractivity contribution in [2.75, 3.05) is 17.8 Å². The Morgan fingerprint density at radius 1 is 1.03 bits per heavy atom. The predicted molar refractivity (Wildman–Crippen MR) is 122 cm³/mol. The molecule has 0 heterocycles. The number of thiol groups is 1. The van der Waals surface area contributed by atoms with Crippen molar-refractivity contribution in [3.63, 3.8) is 0 Å². The molecule has 178 valence electrons. The van der Waals surface area contributed by atoms with Gasteiger partial charge in [-0.2, -0.15) is 24.4 Å². The first-order valence-electron chi connectivity index (χ1n) is 9.75. The number of carbonyl (C=O) groups is 5. The second-order valence-corrected chi connectivity index (χ2v) is 8.42. The van der Waals surface area contributed by atoms with E-state index in [0.29, 0.717) is 18.6 Å². The molecule has 0 aliphatic heterocycles. The lowest BCUT2D eigenvalue weighted by Crippen LogP contribution is -2.58. The number of nitrogens with two attached hydrogens (primary N) is 2. The van der Waals surface area contributed by atoms with Crippen LogP contribution in [0.15, 0.2) is 0 Å². The molecule has 4 amide bonds. The minimum atomic E-state index is -1.34. The lowest BCUT2D eigenvalue weighted by Gasteiger charge is -2.25. The fourth-order valence-electron chi connectivity index (χ4n) is 2.47. The average Bonchev–Trinajstić information content (AvgIpc) is 2.71. The van der Waals surface area contributed by atoms with E-state index in [1.807, 2.05) is 6.26 Å². The number of primary amides is 1. The molecule has 31 heavy (non-hydrogen) atoms. The van der Waals surface area contributed by atoms with Crippen LogP contribution in [0.25, 0.3) is 0 Å². The van der Waals surface area contributed by atoms with E-state index in [1.54, 1.807) is 13.8 Å². The number of carboxylic acid groups (broad SMARTS) is 1. The number of amides is 4. The summed E-state index contributed by atoms with van der Waals surface area (Å²) >= 11 is 5.53. The largest absolute Gasteiger partial charge is 0.480 e. The van der Waals surface area contributed by atoms with E-state index in [-0.39, 0.29) is 11.7 Å². The molecule has 5 unspecified atom stereocenters. The van der Waals surface area contributed by atoms with Crippen LogP contribution in [0.1, 0.15) is 33.1 Å². The van der Waals surface area contributed by atoms with Crippen molar-refractivity contribution in [1.29, 1.82) is 0 Å². The maximum absolute atomic E-state index is 12.6. The second kappa shape index (κ2) is 14.9. The number of hydrogen-bond donors (Lipinski definition) is 7. The number of nitrogens with one attached hydrogen (secondary N) is 3. The first-order chi connectivity index (χ1) is 14.5. The van der Waals surface area contributed by atoms with Crippen molar-refractivity contribution in [2.45, 2.75) is 57.3 Å². The molecular formula is C18H33N5O6S2. The summed E-state index contributed by atoms with van der Waals surface area (Å²) in [7, 11) is 0. The number of hydrogen-bond acceptors (Lipinski definition) is 8. The Kier molecular flexibility index (Phi) is 14.0. The number of rotatable bonds is 15. The molecule has 0 aliphatic rings. The highest BCUT2D eigenvalue weighted by atomic mass is 32.2. The summed E-state index contributed by atoms with van der Waals surface area (Å²) in [6.07, 6.45) is 2.23. The summed E-state index contributed by atoms with van der Waals surface area (Å²) in [5.41, 5.74) is 10.9. The Hall–Kier alpha value is -1.99. The first kappa shape index (κ1) is 29.0. The van der Waals surface area contributed by atoms with E-state index >= 15 is 0 Å². The third-order valence-electron chi connectivity index (χ3n) is 4.60. The van der Waals surface area contributed by atoms with Crippen molar-refractivity contribution in [3.8, 4) is 0 Å². The van der Waals surface area contributed by atoms with Gasteiger partial charge in [-0.15, -0.1) is 0 Å².